The number of esters is 1. The zero-order valence-corrected chi connectivity index (χ0v) is 7.77. The molecule has 1 aromatic heterocycles. The Morgan fingerprint density at radius 1 is 1.79 bits per heavy atom. The summed E-state index contributed by atoms with van der Waals surface area (Å²) in [7, 11) is 1.33. The predicted octanol–water partition coefficient (Wildman–Crippen LogP) is -0.112. The minimum atomic E-state index is -0.392. The lowest BCUT2D eigenvalue weighted by atomic mass is 10.4. The second-order valence-electron chi connectivity index (χ2n) is 2.41. The second kappa shape index (κ2) is 5.74. The molecule has 14 heavy (non-hydrogen) atoms. The summed E-state index contributed by atoms with van der Waals surface area (Å²) in [6, 6.07) is 0. The first-order chi connectivity index (χ1) is 6.83. The Bertz CT molecular complexity index is 295. The van der Waals surface area contributed by atoms with Gasteiger partial charge >= 0.3 is 5.97 Å². The Labute approximate surface area is 80.9 Å². The summed E-state index contributed by atoms with van der Waals surface area (Å²) in [5.41, 5.74) is 0. The fourth-order valence-corrected chi connectivity index (χ4v) is 0.765. The van der Waals surface area contributed by atoms with Gasteiger partial charge in [0.05, 0.1) is 7.11 Å². The van der Waals surface area contributed by atoms with E-state index in [9.17, 15) is 4.79 Å². The minimum absolute atomic E-state index is 0.392. The number of rotatable bonds is 5. The van der Waals surface area contributed by atoms with Crippen molar-refractivity contribution in [3.05, 3.63) is 24.5 Å². The van der Waals surface area contributed by atoms with Gasteiger partial charge in [-0.05, 0) is 0 Å². The van der Waals surface area contributed by atoms with Gasteiger partial charge in [-0.3, -0.25) is 0 Å². The Balaban J connectivity index is 2.10. The highest BCUT2D eigenvalue weighted by Crippen LogP contribution is 1.87. The monoisotopic (exact) mass is 197 g/mol. The molecule has 6 heteroatoms. The van der Waals surface area contributed by atoms with Gasteiger partial charge in [-0.1, -0.05) is 5.16 Å². The number of nitrogens with one attached hydrogen (secondary N) is 1. The summed E-state index contributed by atoms with van der Waals surface area (Å²) in [5.74, 6) is 0.237. The third-order valence-electron chi connectivity index (χ3n) is 1.44. The van der Waals surface area contributed by atoms with Crippen LogP contribution in [0.3, 0.4) is 0 Å². The van der Waals surface area contributed by atoms with Gasteiger partial charge in [0.15, 0.2) is 5.82 Å². The molecule has 0 aromatic carbocycles. The highest BCUT2D eigenvalue weighted by molar-refractivity contribution is 5.81. The molecule has 0 fully saturated rings. The Morgan fingerprint density at radius 2 is 2.64 bits per heavy atom. The molecule has 0 atom stereocenters. The van der Waals surface area contributed by atoms with E-state index in [1.807, 2.05) is 0 Å². The maximum atomic E-state index is 10.6. The Morgan fingerprint density at radius 3 is 3.29 bits per heavy atom. The number of nitrogens with zero attached hydrogens (tertiary/aromatic N) is 2. The largest absolute Gasteiger partial charge is 0.466 e. The smallest absolute Gasteiger partial charge is 0.331 e. The number of methoxy groups -OCH3 is 1. The summed E-state index contributed by atoms with van der Waals surface area (Å²) < 4.78 is 8.94. The molecule has 0 saturated carbocycles. The van der Waals surface area contributed by atoms with E-state index in [4.69, 9.17) is 0 Å². The first-order valence-corrected chi connectivity index (χ1v) is 4.06. The van der Waals surface area contributed by atoms with Crippen LogP contribution in [-0.2, 0) is 16.0 Å². The van der Waals surface area contributed by atoms with Crippen molar-refractivity contribution in [2.75, 3.05) is 13.7 Å². The van der Waals surface area contributed by atoms with E-state index in [1.165, 1.54) is 25.8 Å². The van der Waals surface area contributed by atoms with Crippen LogP contribution in [0.15, 0.2) is 23.2 Å². The quantitative estimate of drug-likeness (QED) is 0.403. The zero-order valence-electron chi connectivity index (χ0n) is 7.77. The standard InChI is InChI=1S/C8H11N3O3/c1-13-8(12)3-5-9-4-2-7-10-6-14-11-7/h3,5-6,9H,2,4H2,1H3/b5-3+. The third-order valence-corrected chi connectivity index (χ3v) is 1.44. The maximum Gasteiger partial charge on any atom is 0.331 e. The second-order valence-corrected chi connectivity index (χ2v) is 2.41. The summed E-state index contributed by atoms with van der Waals surface area (Å²) in [6.45, 7) is 0.632. The summed E-state index contributed by atoms with van der Waals surface area (Å²) in [6.07, 6.45) is 4.74. The van der Waals surface area contributed by atoms with Crippen LogP contribution >= 0.6 is 0 Å². The zero-order chi connectivity index (χ0) is 10.2. The van der Waals surface area contributed by atoms with Gasteiger partial charge in [-0.25, -0.2) is 4.79 Å². The molecule has 0 radical (unpaired) electrons. The molecular weight excluding hydrogens is 186 g/mol. The normalized spacial score (nSPS) is 10.4. The molecule has 6 nitrogen and oxygen atoms in total. The molecule has 1 N–H and O–H groups in total. The maximum absolute atomic E-state index is 10.6. The van der Waals surface area contributed by atoms with E-state index in [1.54, 1.807) is 0 Å². The minimum Gasteiger partial charge on any atom is -0.466 e. The van der Waals surface area contributed by atoms with Crippen LogP contribution in [0.4, 0.5) is 0 Å². The van der Waals surface area contributed by atoms with E-state index in [0.717, 1.165) is 0 Å². The van der Waals surface area contributed by atoms with Crippen LogP contribution in [0.2, 0.25) is 0 Å². The van der Waals surface area contributed by atoms with E-state index in [-0.39, 0.29) is 0 Å². The van der Waals surface area contributed by atoms with Gasteiger partial charge in [0.2, 0.25) is 6.39 Å². The molecule has 1 rings (SSSR count). The third kappa shape index (κ3) is 3.70. The van der Waals surface area contributed by atoms with Gasteiger partial charge in [0.25, 0.3) is 0 Å². The molecule has 0 aliphatic carbocycles. The van der Waals surface area contributed by atoms with Gasteiger partial charge in [-0.2, -0.15) is 4.98 Å². The number of ether oxygens (including phenoxy) is 1. The molecule has 76 valence electrons. The first kappa shape index (κ1) is 10.2. The van der Waals surface area contributed by atoms with Gasteiger partial charge < -0.3 is 14.6 Å². The van der Waals surface area contributed by atoms with Crippen LogP contribution in [0.5, 0.6) is 0 Å². The summed E-state index contributed by atoms with van der Waals surface area (Å²) in [5, 5.41) is 6.51. The number of hydrogen-bond acceptors (Lipinski definition) is 6. The molecule has 1 aromatic rings. The highest BCUT2D eigenvalue weighted by atomic mass is 16.5. The topological polar surface area (TPSA) is 77.2 Å². The lowest BCUT2D eigenvalue weighted by molar-refractivity contribution is -0.134. The molecule has 0 amide bonds. The average molecular weight is 197 g/mol. The number of carbonyl (C=O) groups is 1. The Kier molecular flexibility index (Phi) is 4.19. The van der Waals surface area contributed by atoms with Crippen molar-refractivity contribution >= 4 is 5.97 Å². The summed E-state index contributed by atoms with van der Waals surface area (Å²) >= 11 is 0. The van der Waals surface area contributed by atoms with Crippen molar-refractivity contribution in [2.45, 2.75) is 6.42 Å². The van der Waals surface area contributed by atoms with Crippen molar-refractivity contribution in [1.29, 1.82) is 0 Å². The molecule has 0 saturated heterocycles. The van der Waals surface area contributed by atoms with Gasteiger partial charge in [0, 0.05) is 25.2 Å². The number of hydrogen-bond donors (Lipinski definition) is 1. The molecule has 0 unspecified atom stereocenters. The van der Waals surface area contributed by atoms with Crippen LogP contribution < -0.4 is 5.32 Å². The van der Waals surface area contributed by atoms with Crippen molar-refractivity contribution in [3.63, 3.8) is 0 Å². The summed E-state index contributed by atoms with van der Waals surface area (Å²) in [4.78, 5) is 14.4. The van der Waals surface area contributed by atoms with Crippen LogP contribution in [-0.4, -0.2) is 29.8 Å². The molecule has 1 heterocycles. The van der Waals surface area contributed by atoms with Crippen molar-refractivity contribution in [1.82, 2.24) is 15.5 Å². The van der Waals surface area contributed by atoms with Gasteiger partial charge in [0.1, 0.15) is 0 Å². The van der Waals surface area contributed by atoms with Gasteiger partial charge in [-0.15, -0.1) is 0 Å². The lowest BCUT2D eigenvalue weighted by Gasteiger charge is -1.95. The highest BCUT2D eigenvalue weighted by Gasteiger charge is 1.95. The fourth-order valence-electron chi connectivity index (χ4n) is 0.765. The lowest BCUT2D eigenvalue weighted by Crippen LogP contribution is -2.11. The van der Waals surface area contributed by atoms with Crippen LogP contribution in [0.1, 0.15) is 5.82 Å². The number of aromatic nitrogens is 2. The van der Waals surface area contributed by atoms with E-state index in [2.05, 4.69) is 24.7 Å². The molecule has 0 bridgehead atoms. The molecular formula is C8H11N3O3. The Hall–Kier alpha value is -1.85. The van der Waals surface area contributed by atoms with E-state index >= 15 is 0 Å². The predicted molar refractivity (Wildman–Crippen MR) is 47.2 cm³/mol. The first-order valence-electron chi connectivity index (χ1n) is 4.06. The van der Waals surface area contributed by atoms with E-state index < -0.39 is 5.97 Å². The fraction of sp³-hybridized carbons (Fsp3) is 0.375. The van der Waals surface area contributed by atoms with Crippen molar-refractivity contribution in [2.24, 2.45) is 0 Å². The molecule has 0 spiro atoms. The molecule has 0 aliphatic rings. The van der Waals surface area contributed by atoms with E-state index in [0.29, 0.717) is 18.8 Å². The SMILES string of the molecule is COC(=O)/C=C/NCCc1ncon1. The average Bonchev–Trinajstić information content (AvgIpc) is 2.69. The van der Waals surface area contributed by atoms with Crippen LogP contribution in [0.25, 0.3) is 0 Å². The van der Waals surface area contributed by atoms with Crippen molar-refractivity contribution in [3.8, 4) is 0 Å². The number of carbonyl (C=O) groups excluding carboxylic acids is 1. The molecule has 0 aliphatic heterocycles. The van der Waals surface area contributed by atoms with Crippen LogP contribution in [0, 0.1) is 0 Å². The van der Waals surface area contributed by atoms with Crippen molar-refractivity contribution < 1.29 is 14.1 Å².